The molecule has 1 aromatic rings. The van der Waals surface area contributed by atoms with Gasteiger partial charge in [-0.25, -0.2) is 9.59 Å². The molecule has 152 valence electrons. The lowest BCUT2D eigenvalue weighted by molar-refractivity contribution is -0.177. The van der Waals surface area contributed by atoms with E-state index >= 15 is 0 Å². The van der Waals surface area contributed by atoms with Crippen molar-refractivity contribution in [2.45, 2.75) is 46.6 Å². The van der Waals surface area contributed by atoms with Gasteiger partial charge < -0.3 is 14.2 Å². The van der Waals surface area contributed by atoms with E-state index < -0.39 is 23.9 Å². The van der Waals surface area contributed by atoms with E-state index in [9.17, 15) is 19.2 Å². The number of aryl methyl sites for hydroxylation is 2. The Morgan fingerprint density at radius 1 is 1.07 bits per heavy atom. The maximum atomic E-state index is 11.8. The quantitative estimate of drug-likeness (QED) is 0.287. The zero-order valence-electron chi connectivity index (χ0n) is 16.1. The lowest BCUT2D eigenvalue weighted by Gasteiger charge is -2.14. The van der Waals surface area contributed by atoms with Gasteiger partial charge in [-0.2, -0.15) is 0 Å². The molecule has 2 amide bonds. The van der Waals surface area contributed by atoms with Crippen LogP contribution in [0.1, 0.15) is 42.9 Å². The van der Waals surface area contributed by atoms with E-state index in [1.54, 1.807) is 26.0 Å². The number of esters is 1. The zero-order valence-corrected chi connectivity index (χ0v) is 16.1. The number of nitrogens with zero attached hydrogens (tertiary/aromatic N) is 1. The smallest absolute Gasteiger partial charge is 0.428 e. The van der Waals surface area contributed by atoms with Crippen molar-refractivity contribution in [2.24, 2.45) is 0 Å². The summed E-state index contributed by atoms with van der Waals surface area (Å²) in [5, 5.41) is 0.419. The van der Waals surface area contributed by atoms with Crippen molar-refractivity contribution in [3.63, 3.8) is 0 Å². The lowest BCUT2D eigenvalue weighted by atomic mass is 10.1. The van der Waals surface area contributed by atoms with Gasteiger partial charge in [-0.15, -0.1) is 0 Å². The van der Waals surface area contributed by atoms with Crippen LogP contribution in [0, 0.1) is 13.8 Å². The predicted octanol–water partition coefficient (Wildman–Crippen LogP) is 2.35. The van der Waals surface area contributed by atoms with Crippen LogP contribution in [0.2, 0.25) is 0 Å². The molecule has 0 N–H and O–H groups in total. The Labute approximate surface area is 162 Å². The Kier molecular flexibility index (Phi) is 7.51. The average Bonchev–Trinajstić information content (AvgIpc) is 2.95. The van der Waals surface area contributed by atoms with E-state index in [1.165, 1.54) is 0 Å². The van der Waals surface area contributed by atoms with Crippen LogP contribution < -0.4 is 4.74 Å². The van der Waals surface area contributed by atoms with Crippen LogP contribution in [0.15, 0.2) is 12.1 Å². The SMILES string of the molecule is CCCOCC(=O)Oc1c(C)cc(COC(=O)ON2C(=O)CCC2=O)cc1C. The number of ether oxygens (including phenoxy) is 3. The molecule has 2 rings (SSSR count). The molecule has 1 aliphatic heterocycles. The van der Waals surface area contributed by atoms with E-state index in [2.05, 4.69) is 4.84 Å². The Hall–Kier alpha value is -2.94. The van der Waals surface area contributed by atoms with Crippen LogP contribution >= 0.6 is 0 Å². The minimum Gasteiger partial charge on any atom is -0.428 e. The van der Waals surface area contributed by atoms with Gasteiger partial charge in [0.2, 0.25) is 0 Å². The van der Waals surface area contributed by atoms with Crippen LogP contribution in [0.4, 0.5) is 4.79 Å². The first kappa shape index (κ1) is 21.4. The number of hydroxylamine groups is 2. The Morgan fingerprint density at radius 3 is 2.25 bits per heavy atom. The first-order valence-corrected chi connectivity index (χ1v) is 8.90. The Morgan fingerprint density at radius 2 is 1.68 bits per heavy atom. The van der Waals surface area contributed by atoms with Gasteiger partial charge in [0.25, 0.3) is 11.8 Å². The molecule has 0 aromatic heterocycles. The Bertz CT molecular complexity index is 734. The van der Waals surface area contributed by atoms with Crippen LogP contribution in [-0.2, 0) is 35.3 Å². The largest absolute Gasteiger partial charge is 0.534 e. The molecule has 0 radical (unpaired) electrons. The van der Waals surface area contributed by atoms with E-state index in [4.69, 9.17) is 14.2 Å². The average molecular weight is 393 g/mol. The number of imide groups is 1. The normalized spacial score (nSPS) is 13.6. The van der Waals surface area contributed by atoms with Gasteiger partial charge in [-0.05, 0) is 49.1 Å². The topological polar surface area (TPSA) is 108 Å². The summed E-state index contributed by atoms with van der Waals surface area (Å²) in [7, 11) is 0. The maximum absolute atomic E-state index is 11.8. The number of amides is 2. The summed E-state index contributed by atoms with van der Waals surface area (Å²) in [6.45, 7) is 5.67. The standard InChI is InChI=1S/C19H23NO8/c1-4-7-25-11-17(23)27-18-12(2)8-14(9-13(18)3)10-26-19(24)28-20-15(21)5-6-16(20)22/h8-9H,4-7,10-11H2,1-3H3. The number of hydrogen-bond acceptors (Lipinski definition) is 8. The summed E-state index contributed by atoms with van der Waals surface area (Å²) >= 11 is 0. The fourth-order valence-corrected chi connectivity index (χ4v) is 2.63. The highest BCUT2D eigenvalue weighted by molar-refractivity contribution is 6.01. The summed E-state index contributed by atoms with van der Waals surface area (Å²) in [6.07, 6.45) is -0.326. The molecule has 9 heteroatoms. The second-order valence-corrected chi connectivity index (χ2v) is 6.30. The third kappa shape index (κ3) is 5.78. The molecular formula is C19H23NO8. The molecule has 1 heterocycles. The van der Waals surface area contributed by atoms with E-state index in [1.807, 2.05) is 6.92 Å². The Balaban J connectivity index is 1.91. The molecule has 28 heavy (non-hydrogen) atoms. The maximum Gasteiger partial charge on any atom is 0.534 e. The van der Waals surface area contributed by atoms with Gasteiger partial charge in [0.05, 0.1) is 0 Å². The van der Waals surface area contributed by atoms with Crippen molar-refractivity contribution >= 4 is 23.9 Å². The van der Waals surface area contributed by atoms with Gasteiger partial charge in [-0.3, -0.25) is 14.4 Å². The number of hydrogen-bond donors (Lipinski definition) is 0. The minimum atomic E-state index is -1.15. The van der Waals surface area contributed by atoms with Crippen molar-refractivity contribution in [1.29, 1.82) is 0 Å². The number of carbonyl (C=O) groups excluding carboxylic acids is 4. The first-order chi connectivity index (χ1) is 13.3. The minimum absolute atomic E-state index is 0.00810. The van der Waals surface area contributed by atoms with Crippen molar-refractivity contribution in [2.75, 3.05) is 13.2 Å². The third-order valence-corrected chi connectivity index (χ3v) is 3.83. The second-order valence-electron chi connectivity index (χ2n) is 6.30. The van der Waals surface area contributed by atoms with E-state index in [-0.39, 0.29) is 26.1 Å². The van der Waals surface area contributed by atoms with E-state index in [0.29, 0.717) is 34.1 Å². The van der Waals surface area contributed by atoms with Gasteiger partial charge in [0.15, 0.2) is 0 Å². The van der Waals surface area contributed by atoms with E-state index in [0.717, 1.165) is 6.42 Å². The molecule has 0 bridgehead atoms. The summed E-state index contributed by atoms with van der Waals surface area (Å²) in [5.41, 5.74) is 1.99. The second kappa shape index (κ2) is 9.84. The summed E-state index contributed by atoms with van der Waals surface area (Å²) in [6, 6.07) is 3.39. The fourth-order valence-electron chi connectivity index (χ4n) is 2.63. The zero-order chi connectivity index (χ0) is 20.7. The van der Waals surface area contributed by atoms with Crippen LogP contribution in [0.25, 0.3) is 0 Å². The number of rotatable bonds is 8. The summed E-state index contributed by atoms with van der Waals surface area (Å²) < 4.78 is 15.4. The number of benzene rings is 1. The highest BCUT2D eigenvalue weighted by Gasteiger charge is 2.33. The van der Waals surface area contributed by atoms with Crippen LogP contribution in [0.5, 0.6) is 5.75 Å². The van der Waals surface area contributed by atoms with Gasteiger partial charge >= 0.3 is 12.1 Å². The van der Waals surface area contributed by atoms with Gasteiger partial charge in [0, 0.05) is 19.4 Å². The fraction of sp³-hybridized carbons (Fsp3) is 0.474. The van der Waals surface area contributed by atoms with Gasteiger partial charge in [-0.1, -0.05) is 12.0 Å². The molecule has 0 aliphatic carbocycles. The van der Waals surface area contributed by atoms with Crippen molar-refractivity contribution in [1.82, 2.24) is 5.06 Å². The molecule has 1 fully saturated rings. The lowest BCUT2D eigenvalue weighted by Crippen LogP contribution is -2.32. The highest BCUT2D eigenvalue weighted by Crippen LogP contribution is 2.25. The molecule has 0 saturated carbocycles. The molecule has 1 aromatic carbocycles. The third-order valence-electron chi connectivity index (χ3n) is 3.83. The van der Waals surface area contributed by atoms with Crippen molar-refractivity contribution < 1.29 is 38.2 Å². The first-order valence-electron chi connectivity index (χ1n) is 8.90. The summed E-state index contributed by atoms with van der Waals surface area (Å²) in [5.74, 6) is -1.23. The predicted molar refractivity (Wildman–Crippen MR) is 95.0 cm³/mol. The number of carbonyl (C=O) groups is 4. The highest BCUT2D eigenvalue weighted by atomic mass is 16.8. The molecule has 0 spiro atoms. The molecular weight excluding hydrogens is 370 g/mol. The summed E-state index contributed by atoms with van der Waals surface area (Å²) in [4.78, 5) is 51.0. The monoisotopic (exact) mass is 393 g/mol. The van der Waals surface area contributed by atoms with Crippen molar-refractivity contribution in [3.05, 3.63) is 28.8 Å². The van der Waals surface area contributed by atoms with Crippen LogP contribution in [-0.4, -0.2) is 42.2 Å². The molecule has 1 aliphatic rings. The molecule has 9 nitrogen and oxygen atoms in total. The van der Waals surface area contributed by atoms with Crippen molar-refractivity contribution in [3.8, 4) is 5.75 Å². The van der Waals surface area contributed by atoms with Crippen LogP contribution in [0.3, 0.4) is 0 Å². The molecule has 0 unspecified atom stereocenters. The molecule has 1 saturated heterocycles. The molecule has 0 atom stereocenters. The van der Waals surface area contributed by atoms with Gasteiger partial charge in [0.1, 0.15) is 19.0 Å².